The van der Waals surface area contributed by atoms with Crippen LogP contribution in [0, 0.1) is 6.92 Å². The number of hydrogen-bond acceptors (Lipinski definition) is 2. The van der Waals surface area contributed by atoms with Gasteiger partial charge in [-0.15, -0.1) is 11.8 Å². The molecule has 0 radical (unpaired) electrons. The molecule has 0 unspecified atom stereocenters. The third kappa shape index (κ3) is 4.08. The molecule has 0 saturated carbocycles. The number of alkyl halides is 3. The standard InChI is InChI=1S/C15H13ClF3NS/c1-9-2-3-10(12(16)6-9)8-21-14-5-4-11(7-13(14)20)15(17,18)19/h2-7H,8,20H2,1H3. The van der Waals surface area contributed by atoms with E-state index >= 15 is 0 Å². The van der Waals surface area contributed by atoms with Crippen molar-refractivity contribution in [1.29, 1.82) is 0 Å². The second-order valence-corrected chi connectivity index (χ2v) is 6.06. The van der Waals surface area contributed by atoms with Crippen LogP contribution in [0.5, 0.6) is 0 Å². The monoisotopic (exact) mass is 331 g/mol. The van der Waals surface area contributed by atoms with Crippen LogP contribution in [0.3, 0.4) is 0 Å². The number of nitrogen functional groups attached to an aromatic ring is 1. The van der Waals surface area contributed by atoms with Gasteiger partial charge in [0.2, 0.25) is 0 Å². The maximum absolute atomic E-state index is 12.6. The molecule has 6 heteroatoms. The van der Waals surface area contributed by atoms with Crippen LogP contribution in [-0.4, -0.2) is 0 Å². The topological polar surface area (TPSA) is 26.0 Å². The first-order valence-corrected chi connectivity index (χ1v) is 7.48. The predicted molar refractivity (Wildman–Crippen MR) is 81.6 cm³/mol. The van der Waals surface area contributed by atoms with Gasteiger partial charge in [-0.25, -0.2) is 0 Å². The lowest BCUT2D eigenvalue weighted by Gasteiger charge is -2.11. The number of hydrogen-bond donors (Lipinski definition) is 1. The van der Waals surface area contributed by atoms with Gasteiger partial charge in [-0.05, 0) is 42.3 Å². The third-order valence-corrected chi connectivity index (χ3v) is 4.42. The molecular formula is C15H13ClF3NS. The Bertz CT molecular complexity index is 656. The largest absolute Gasteiger partial charge is 0.416 e. The van der Waals surface area contributed by atoms with E-state index in [0.29, 0.717) is 15.7 Å². The van der Waals surface area contributed by atoms with Gasteiger partial charge in [-0.3, -0.25) is 0 Å². The molecule has 112 valence electrons. The van der Waals surface area contributed by atoms with E-state index in [1.54, 1.807) is 0 Å². The Morgan fingerprint density at radius 2 is 1.86 bits per heavy atom. The summed E-state index contributed by atoms with van der Waals surface area (Å²) in [5.74, 6) is 0.550. The first-order valence-electron chi connectivity index (χ1n) is 6.12. The molecule has 1 nitrogen and oxygen atoms in total. The van der Waals surface area contributed by atoms with Gasteiger partial charge >= 0.3 is 6.18 Å². The number of anilines is 1. The van der Waals surface area contributed by atoms with E-state index < -0.39 is 11.7 Å². The summed E-state index contributed by atoms with van der Waals surface area (Å²) in [6.45, 7) is 1.94. The number of halogens is 4. The normalized spacial score (nSPS) is 11.7. The Hall–Kier alpha value is -1.33. The summed E-state index contributed by atoms with van der Waals surface area (Å²) in [6, 6.07) is 9.09. The van der Waals surface area contributed by atoms with E-state index in [-0.39, 0.29) is 5.69 Å². The summed E-state index contributed by atoms with van der Waals surface area (Å²) in [5.41, 5.74) is 7.06. The lowest BCUT2D eigenvalue weighted by molar-refractivity contribution is -0.137. The number of rotatable bonds is 3. The lowest BCUT2D eigenvalue weighted by atomic mass is 10.2. The molecule has 0 spiro atoms. The van der Waals surface area contributed by atoms with Crippen LogP contribution >= 0.6 is 23.4 Å². The summed E-state index contributed by atoms with van der Waals surface area (Å²) in [6.07, 6.45) is -4.38. The number of thioether (sulfide) groups is 1. The summed E-state index contributed by atoms with van der Waals surface area (Å²) in [4.78, 5) is 0.611. The van der Waals surface area contributed by atoms with E-state index in [2.05, 4.69) is 0 Å². The summed E-state index contributed by atoms with van der Waals surface area (Å²) < 4.78 is 37.7. The molecule has 2 aromatic carbocycles. The highest BCUT2D eigenvalue weighted by Gasteiger charge is 2.30. The molecule has 0 atom stereocenters. The van der Waals surface area contributed by atoms with Gasteiger partial charge in [0.1, 0.15) is 0 Å². The number of aryl methyl sites for hydroxylation is 1. The van der Waals surface area contributed by atoms with Crippen LogP contribution in [0.1, 0.15) is 16.7 Å². The van der Waals surface area contributed by atoms with E-state index in [4.69, 9.17) is 17.3 Å². The molecule has 0 aliphatic rings. The maximum Gasteiger partial charge on any atom is 0.416 e. The minimum absolute atomic E-state index is 0.123. The Morgan fingerprint density at radius 1 is 1.14 bits per heavy atom. The molecule has 2 rings (SSSR count). The fourth-order valence-electron chi connectivity index (χ4n) is 1.78. The van der Waals surface area contributed by atoms with Crippen molar-refractivity contribution >= 4 is 29.1 Å². The molecule has 0 amide bonds. The van der Waals surface area contributed by atoms with Gasteiger partial charge in [0, 0.05) is 21.4 Å². The molecule has 0 heterocycles. The second-order valence-electron chi connectivity index (χ2n) is 4.63. The van der Waals surface area contributed by atoms with E-state index in [1.807, 2.05) is 25.1 Å². The van der Waals surface area contributed by atoms with Crippen LogP contribution in [0.2, 0.25) is 5.02 Å². The second kappa shape index (κ2) is 6.20. The Labute approximate surface area is 130 Å². The highest BCUT2D eigenvalue weighted by atomic mass is 35.5. The van der Waals surface area contributed by atoms with Gasteiger partial charge < -0.3 is 5.73 Å². The molecule has 0 fully saturated rings. The minimum Gasteiger partial charge on any atom is -0.398 e. The van der Waals surface area contributed by atoms with E-state index in [0.717, 1.165) is 23.3 Å². The van der Waals surface area contributed by atoms with Gasteiger partial charge in [-0.2, -0.15) is 13.2 Å². The number of benzene rings is 2. The van der Waals surface area contributed by atoms with Crippen LogP contribution in [0.4, 0.5) is 18.9 Å². The molecule has 2 N–H and O–H groups in total. The van der Waals surface area contributed by atoms with Crippen molar-refractivity contribution in [2.45, 2.75) is 23.7 Å². The van der Waals surface area contributed by atoms with Crippen LogP contribution < -0.4 is 5.73 Å². The van der Waals surface area contributed by atoms with Crippen molar-refractivity contribution in [3.05, 3.63) is 58.1 Å². The zero-order valence-electron chi connectivity index (χ0n) is 11.2. The summed E-state index contributed by atoms with van der Waals surface area (Å²) >= 11 is 7.49. The highest BCUT2D eigenvalue weighted by Crippen LogP contribution is 2.36. The fourth-order valence-corrected chi connectivity index (χ4v) is 3.11. The summed E-state index contributed by atoms with van der Waals surface area (Å²) in [7, 11) is 0. The van der Waals surface area contributed by atoms with E-state index in [9.17, 15) is 13.2 Å². The Kier molecular flexibility index (Phi) is 4.74. The SMILES string of the molecule is Cc1ccc(CSc2ccc(C(F)(F)F)cc2N)c(Cl)c1. The van der Waals surface area contributed by atoms with Crippen LogP contribution in [-0.2, 0) is 11.9 Å². The highest BCUT2D eigenvalue weighted by molar-refractivity contribution is 7.98. The fraction of sp³-hybridized carbons (Fsp3) is 0.200. The summed E-state index contributed by atoms with van der Waals surface area (Å²) in [5, 5.41) is 0.646. The Morgan fingerprint density at radius 3 is 2.43 bits per heavy atom. The zero-order valence-corrected chi connectivity index (χ0v) is 12.7. The van der Waals surface area contributed by atoms with Crippen molar-refractivity contribution in [2.75, 3.05) is 5.73 Å². The van der Waals surface area contributed by atoms with Crippen LogP contribution in [0.15, 0.2) is 41.3 Å². The van der Waals surface area contributed by atoms with Gasteiger partial charge in [0.25, 0.3) is 0 Å². The van der Waals surface area contributed by atoms with Gasteiger partial charge in [0.15, 0.2) is 0 Å². The van der Waals surface area contributed by atoms with Gasteiger partial charge in [0.05, 0.1) is 5.56 Å². The molecule has 0 saturated heterocycles. The predicted octanol–water partition coefficient (Wildman–Crippen LogP) is 5.54. The third-order valence-electron chi connectivity index (χ3n) is 2.93. The lowest BCUT2D eigenvalue weighted by Crippen LogP contribution is -2.05. The molecule has 0 aliphatic heterocycles. The Balaban J connectivity index is 2.13. The minimum atomic E-state index is -4.38. The van der Waals surface area contributed by atoms with Crippen molar-refractivity contribution in [3.8, 4) is 0 Å². The number of nitrogens with two attached hydrogens (primary N) is 1. The first-order chi connectivity index (χ1) is 9.77. The molecule has 2 aromatic rings. The van der Waals surface area contributed by atoms with E-state index in [1.165, 1.54) is 17.8 Å². The molecule has 21 heavy (non-hydrogen) atoms. The molecule has 0 aromatic heterocycles. The van der Waals surface area contributed by atoms with Crippen LogP contribution in [0.25, 0.3) is 0 Å². The first kappa shape index (κ1) is 16.0. The quantitative estimate of drug-likeness (QED) is 0.590. The van der Waals surface area contributed by atoms with Crippen molar-refractivity contribution in [2.24, 2.45) is 0 Å². The van der Waals surface area contributed by atoms with Crippen molar-refractivity contribution < 1.29 is 13.2 Å². The molecule has 0 aliphatic carbocycles. The molecule has 0 bridgehead atoms. The smallest absolute Gasteiger partial charge is 0.398 e. The molecular weight excluding hydrogens is 319 g/mol. The maximum atomic E-state index is 12.6. The van der Waals surface area contributed by atoms with Gasteiger partial charge in [-0.1, -0.05) is 23.7 Å². The average Bonchev–Trinajstić information content (AvgIpc) is 2.38. The van der Waals surface area contributed by atoms with Crippen molar-refractivity contribution in [1.82, 2.24) is 0 Å². The van der Waals surface area contributed by atoms with Crippen molar-refractivity contribution in [3.63, 3.8) is 0 Å². The average molecular weight is 332 g/mol. The zero-order chi connectivity index (χ0) is 15.6.